The van der Waals surface area contributed by atoms with Crippen molar-refractivity contribution in [2.45, 2.75) is 25.9 Å². The van der Waals surface area contributed by atoms with Crippen LogP contribution in [0.2, 0.25) is 0 Å². The lowest BCUT2D eigenvalue weighted by Crippen LogP contribution is -2.44. The molecule has 1 aromatic rings. The van der Waals surface area contributed by atoms with Crippen LogP contribution in [0.5, 0.6) is 11.5 Å². The summed E-state index contributed by atoms with van der Waals surface area (Å²) in [5, 5.41) is 3.31. The van der Waals surface area contributed by atoms with Crippen molar-refractivity contribution >= 4 is 18.3 Å². The predicted octanol–water partition coefficient (Wildman–Crippen LogP) is 2.10. The van der Waals surface area contributed by atoms with E-state index in [2.05, 4.69) is 5.32 Å². The van der Waals surface area contributed by atoms with E-state index < -0.39 is 0 Å². The molecule has 2 aliphatic rings. The van der Waals surface area contributed by atoms with Gasteiger partial charge in [0.05, 0.1) is 6.54 Å². The van der Waals surface area contributed by atoms with Crippen LogP contribution in [0, 0.1) is 5.92 Å². The van der Waals surface area contributed by atoms with E-state index in [-0.39, 0.29) is 24.4 Å². The van der Waals surface area contributed by atoms with Crippen molar-refractivity contribution in [2.24, 2.45) is 5.92 Å². The number of fused-ring (bicyclic) bond motifs is 1. The van der Waals surface area contributed by atoms with Crippen LogP contribution in [0.3, 0.4) is 0 Å². The summed E-state index contributed by atoms with van der Waals surface area (Å²) in [4.78, 5) is 14.3. The minimum Gasteiger partial charge on any atom is -0.486 e. The van der Waals surface area contributed by atoms with E-state index in [1.807, 2.05) is 36.1 Å². The third kappa shape index (κ3) is 4.52. The summed E-state index contributed by atoms with van der Waals surface area (Å²) < 4.78 is 11.7. The Kier molecular flexibility index (Phi) is 6.54. The molecule has 0 radical (unpaired) electrons. The second-order valence-corrected chi connectivity index (χ2v) is 5.99. The molecule has 128 valence electrons. The zero-order valence-corrected chi connectivity index (χ0v) is 14.3. The lowest BCUT2D eigenvalue weighted by molar-refractivity contribution is -0.133. The first-order chi connectivity index (χ1) is 10.8. The summed E-state index contributed by atoms with van der Waals surface area (Å²) in [6.07, 6.45) is 1.63. The zero-order valence-electron chi connectivity index (χ0n) is 13.5. The Morgan fingerprint density at radius 2 is 2.13 bits per heavy atom. The topological polar surface area (TPSA) is 50.8 Å². The molecule has 2 aliphatic heterocycles. The highest BCUT2D eigenvalue weighted by Gasteiger charge is 2.26. The average Bonchev–Trinajstić information content (AvgIpc) is 3.05. The van der Waals surface area contributed by atoms with Gasteiger partial charge in [-0.1, -0.05) is 12.1 Å². The minimum atomic E-state index is -0.0968. The molecule has 0 bridgehead atoms. The van der Waals surface area contributed by atoms with E-state index in [1.54, 1.807) is 0 Å². The number of hydrogen-bond donors (Lipinski definition) is 1. The van der Waals surface area contributed by atoms with E-state index in [9.17, 15) is 4.79 Å². The van der Waals surface area contributed by atoms with Crippen molar-refractivity contribution in [1.82, 2.24) is 10.2 Å². The zero-order chi connectivity index (χ0) is 15.4. The van der Waals surface area contributed by atoms with Gasteiger partial charge in [0.1, 0.15) is 6.61 Å². The number of hydrogen-bond acceptors (Lipinski definition) is 4. The van der Waals surface area contributed by atoms with Gasteiger partial charge in [0.15, 0.2) is 17.6 Å². The third-order valence-corrected chi connectivity index (χ3v) is 4.35. The molecule has 0 saturated carbocycles. The van der Waals surface area contributed by atoms with Crippen molar-refractivity contribution < 1.29 is 14.3 Å². The number of benzene rings is 1. The van der Waals surface area contributed by atoms with Gasteiger partial charge >= 0.3 is 0 Å². The van der Waals surface area contributed by atoms with E-state index in [0.717, 1.165) is 31.0 Å². The molecule has 1 fully saturated rings. The number of likely N-dealkylation sites (N-methyl/N-ethyl adjacent to an activating group) is 1. The molecule has 3 rings (SSSR count). The van der Waals surface area contributed by atoms with E-state index in [4.69, 9.17) is 9.47 Å². The van der Waals surface area contributed by atoms with Crippen LogP contribution in [-0.2, 0) is 4.79 Å². The summed E-state index contributed by atoms with van der Waals surface area (Å²) in [6, 6.07) is 7.67. The number of nitrogens with zero attached hydrogens (tertiary/aromatic N) is 1. The van der Waals surface area contributed by atoms with Crippen LogP contribution in [0.15, 0.2) is 24.3 Å². The molecule has 0 aromatic heterocycles. The quantitative estimate of drug-likeness (QED) is 0.891. The van der Waals surface area contributed by atoms with Crippen LogP contribution in [-0.4, -0.2) is 49.7 Å². The Balaban J connectivity index is 0.00000192. The van der Waals surface area contributed by atoms with Crippen LogP contribution in [0.1, 0.15) is 19.8 Å². The maximum Gasteiger partial charge on any atom is 0.223 e. The maximum atomic E-state index is 12.5. The Labute approximate surface area is 143 Å². The molecule has 0 spiro atoms. The molecule has 1 amide bonds. The van der Waals surface area contributed by atoms with Crippen molar-refractivity contribution in [3.63, 3.8) is 0 Å². The molecular formula is C17H25ClN2O3. The number of rotatable bonds is 5. The van der Waals surface area contributed by atoms with Gasteiger partial charge in [-0.3, -0.25) is 4.79 Å². The molecule has 0 aliphatic carbocycles. The summed E-state index contributed by atoms with van der Waals surface area (Å²) in [6.45, 7) is 5.79. The number of nitrogens with one attached hydrogen (secondary N) is 1. The first-order valence-electron chi connectivity index (χ1n) is 8.13. The maximum absolute atomic E-state index is 12.5. The molecule has 1 N–H and O–H groups in total. The van der Waals surface area contributed by atoms with Crippen LogP contribution >= 0.6 is 12.4 Å². The molecule has 1 aromatic carbocycles. The van der Waals surface area contributed by atoms with E-state index >= 15 is 0 Å². The van der Waals surface area contributed by atoms with Gasteiger partial charge in [-0.25, -0.2) is 0 Å². The smallest absolute Gasteiger partial charge is 0.223 e. The van der Waals surface area contributed by atoms with Gasteiger partial charge in [-0.05, 0) is 44.5 Å². The van der Waals surface area contributed by atoms with E-state index in [1.165, 1.54) is 0 Å². The van der Waals surface area contributed by atoms with Gasteiger partial charge < -0.3 is 19.7 Å². The molecule has 5 nitrogen and oxygen atoms in total. The molecule has 2 atom stereocenters. The lowest BCUT2D eigenvalue weighted by atomic mass is 10.0. The average molecular weight is 341 g/mol. The van der Waals surface area contributed by atoms with Gasteiger partial charge in [0.2, 0.25) is 5.91 Å². The fourth-order valence-corrected chi connectivity index (χ4v) is 3.07. The second kappa shape index (κ2) is 8.41. The Hall–Kier alpha value is -1.46. The number of carbonyl (C=O) groups is 1. The predicted molar refractivity (Wildman–Crippen MR) is 91.4 cm³/mol. The SMILES string of the molecule is CCN(CC1COc2ccccc2O1)C(=O)CC1CCNC1.Cl. The third-order valence-electron chi connectivity index (χ3n) is 4.35. The van der Waals surface area contributed by atoms with Crippen LogP contribution in [0.25, 0.3) is 0 Å². The van der Waals surface area contributed by atoms with Gasteiger partial charge in [-0.15, -0.1) is 12.4 Å². The first-order valence-corrected chi connectivity index (χ1v) is 8.13. The number of halogens is 1. The fourth-order valence-electron chi connectivity index (χ4n) is 3.07. The molecule has 2 unspecified atom stereocenters. The number of carbonyl (C=O) groups excluding carboxylic acids is 1. The van der Waals surface area contributed by atoms with Gasteiger partial charge in [0, 0.05) is 13.0 Å². The van der Waals surface area contributed by atoms with Crippen molar-refractivity contribution in [3.05, 3.63) is 24.3 Å². The summed E-state index contributed by atoms with van der Waals surface area (Å²) in [7, 11) is 0. The minimum absolute atomic E-state index is 0. The van der Waals surface area contributed by atoms with Crippen LogP contribution < -0.4 is 14.8 Å². The molecule has 2 heterocycles. The Bertz CT molecular complexity index is 520. The summed E-state index contributed by atoms with van der Waals surface area (Å²) >= 11 is 0. The van der Waals surface area contributed by atoms with Crippen molar-refractivity contribution in [2.75, 3.05) is 32.8 Å². The number of para-hydroxylation sites is 2. The largest absolute Gasteiger partial charge is 0.486 e. The second-order valence-electron chi connectivity index (χ2n) is 5.99. The van der Waals surface area contributed by atoms with Crippen molar-refractivity contribution in [1.29, 1.82) is 0 Å². The fraction of sp³-hybridized carbons (Fsp3) is 0.588. The van der Waals surface area contributed by atoms with Gasteiger partial charge in [-0.2, -0.15) is 0 Å². The monoisotopic (exact) mass is 340 g/mol. The molecule has 6 heteroatoms. The normalized spacial score (nSPS) is 22.3. The molecular weight excluding hydrogens is 316 g/mol. The van der Waals surface area contributed by atoms with Crippen molar-refractivity contribution in [3.8, 4) is 11.5 Å². The highest BCUT2D eigenvalue weighted by atomic mass is 35.5. The standard InChI is InChI=1S/C17H24N2O3.ClH/c1-2-19(17(20)9-13-7-8-18-10-13)11-14-12-21-15-5-3-4-6-16(15)22-14;/h3-6,13-14,18H,2,7-12H2,1H3;1H. The summed E-state index contributed by atoms with van der Waals surface area (Å²) in [5.41, 5.74) is 0. The highest BCUT2D eigenvalue weighted by Crippen LogP contribution is 2.31. The Morgan fingerprint density at radius 3 is 2.83 bits per heavy atom. The van der Waals surface area contributed by atoms with E-state index in [0.29, 0.717) is 32.0 Å². The molecule has 1 saturated heterocycles. The molecule has 23 heavy (non-hydrogen) atoms. The first kappa shape index (κ1) is 17.9. The van der Waals surface area contributed by atoms with Crippen LogP contribution in [0.4, 0.5) is 0 Å². The number of ether oxygens (including phenoxy) is 2. The summed E-state index contributed by atoms with van der Waals surface area (Å²) in [5.74, 6) is 2.25. The lowest BCUT2D eigenvalue weighted by Gasteiger charge is -2.31. The van der Waals surface area contributed by atoms with Gasteiger partial charge in [0.25, 0.3) is 0 Å². The number of amides is 1. The highest BCUT2D eigenvalue weighted by molar-refractivity contribution is 5.85. The Morgan fingerprint density at radius 1 is 1.35 bits per heavy atom.